The zero-order valence-corrected chi connectivity index (χ0v) is 23.7. The number of fused-ring (bicyclic) bond motifs is 5. The highest BCUT2D eigenvalue weighted by molar-refractivity contribution is 9.11. The van der Waals surface area contributed by atoms with Gasteiger partial charge in [0.25, 0.3) is 0 Å². The first-order chi connectivity index (χ1) is 17.5. The number of benzene rings is 5. The van der Waals surface area contributed by atoms with Crippen molar-refractivity contribution in [2.75, 3.05) is 0 Å². The molecule has 0 bridgehead atoms. The van der Waals surface area contributed by atoms with Gasteiger partial charge in [-0.2, -0.15) is 0 Å². The number of halogens is 3. The van der Waals surface area contributed by atoms with E-state index in [0.717, 1.165) is 53.4 Å². The first kappa shape index (κ1) is 22.3. The highest BCUT2D eigenvalue weighted by Crippen LogP contribution is 2.43. The van der Waals surface area contributed by atoms with E-state index in [2.05, 4.69) is 127 Å². The van der Waals surface area contributed by atoms with Crippen LogP contribution in [0, 0.1) is 0 Å². The summed E-state index contributed by atoms with van der Waals surface area (Å²) < 4.78 is 3.19. The van der Waals surface area contributed by atoms with Crippen LogP contribution in [0.25, 0.3) is 55.4 Å². The summed E-state index contributed by atoms with van der Waals surface area (Å²) in [6.07, 6.45) is 0.911. The average molecular weight is 657 g/mol. The summed E-state index contributed by atoms with van der Waals surface area (Å²) in [7, 11) is 0. The molecule has 1 heterocycles. The molecule has 5 aromatic carbocycles. The van der Waals surface area contributed by atoms with Gasteiger partial charge < -0.3 is 0 Å². The van der Waals surface area contributed by atoms with Gasteiger partial charge in [-0.1, -0.05) is 96.3 Å². The summed E-state index contributed by atoms with van der Waals surface area (Å²) in [5, 5.41) is 3.41. The lowest BCUT2D eigenvalue weighted by Gasteiger charge is -2.14. The van der Waals surface area contributed by atoms with Crippen LogP contribution in [-0.4, -0.2) is 9.97 Å². The Kier molecular flexibility index (Phi) is 5.35. The number of rotatable bonds is 2. The highest BCUT2D eigenvalue weighted by Gasteiger charge is 2.22. The molecule has 0 unspecified atom stereocenters. The average Bonchev–Trinajstić information content (AvgIpc) is 3.23. The summed E-state index contributed by atoms with van der Waals surface area (Å²) in [6, 6.07) is 32.0. The molecule has 0 amide bonds. The number of hydrogen-bond donors (Lipinski definition) is 0. The van der Waals surface area contributed by atoms with Crippen LogP contribution in [0.3, 0.4) is 0 Å². The van der Waals surface area contributed by atoms with Gasteiger partial charge in [0, 0.05) is 29.9 Å². The van der Waals surface area contributed by atoms with Crippen molar-refractivity contribution in [3.8, 4) is 33.8 Å². The van der Waals surface area contributed by atoms with Crippen LogP contribution < -0.4 is 0 Å². The third-order valence-electron chi connectivity index (χ3n) is 6.87. The maximum atomic E-state index is 5.20. The smallest absolute Gasteiger partial charge is 0.160 e. The maximum absolute atomic E-state index is 5.20. The molecular formula is C31H17Br3N2. The van der Waals surface area contributed by atoms with E-state index in [1.807, 2.05) is 12.1 Å². The minimum absolute atomic E-state index is 0.722. The van der Waals surface area contributed by atoms with E-state index < -0.39 is 0 Å². The van der Waals surface area contributed by atoms with E-state index in [9.17, 15) is 0 Å². The molecule has 1 aliphatic carbocycles. The zero-order valence-electron chi connectivity index (χ0n) is 18.9. The Hall–Kier alpha value is -2.86. The summed E-state index contributed by atoms with van der Waals surface area (Å²) in [4.78, 5) is 10.3. The van der Waals surface area contributed by atoms with Gasteiger partial charge >= 0.3 is 0 Å². The number of aromatic nitrogens is 2. The third-order valence-corrected chi connectivity index (χ3v) is 8.55. The van der Waals surface area contributed by atoms with Gasteiger partial charge in [-0.3, -0.25) is 0 Å². The maximum Gasteiger partial charge on any atom is 0.160 e. The second kappa shape index (κ2) is 8.62. The molecule has 0 aliphatic heterocycles. The molecule has 1 aromatic heterocycles. The minimum atomic E-state index is 0.722. The lowest BCUT2D eigenvalue weighted by molar-refractivity contribution is 1.22. The van der Waals surface area contributed by atoms with Gasteiger partial charge in [0.2, 0.25) is 0 Å². The van der Waals surface area contributed by atoms with E-state index in [-0.39, 0.29) is 0 Å². The molecule has 0 saturated heterocycles. The fraction of sp³-hybridized carbons (Fsp3) is 0.0323. The molecule has 36 heavy (non-hydrogen) atoms. The van der Waals surface area contributed by atoms with Gasteiger partial charge in [0.1, 0.15) is 0 Å². The Morgan fingerprint density at radius 2 is 1.33 bits per heavy atom. The van der Waals surface area contributed by atoms with Crippen LogP contribution in [-0.2, 0) is 6.42 Å². The molecule has 0 fully saturated rings. The van der Waals surface area contributed by atoms with Crippen molar-refractivity contribution >= 4 is 69.5 Å². The third kappa shape index (κ3) is 3.64. The quantitative estimate of drug-likeness (QED) is 0.185. The van der Waals surface area contributed by atoms with Crippen LogP contribution >= 0.6 is 47.8 Å². The van der Waals surface area contributed by atoms with Crippen LogP contribution in [0.15, 0.2) is 104 Å². The molecule has 0 atom stereocenters. The fourth-order valence-corrected chi connectivity index (χ4v) is 6.51. The summed E-state index contributed by atoms with van der Waals surface area (Å²) in [6.45, 7) is 0. The second-order valence-electron chi connectivity index (χ2n) is 9.05. The van der Waals surface area contributed by atoms with Crippen molar-refractivity contribution in [2.24, 2.45) is 0 Å². The van der Waals surface area contributed by atoms with E-state index in [1.165, 1.54) is 33.0 Å². The normalized spacial score (nSPS) is 12.2. The van der Waals surface area contributed by atoms with Gasteiger partial charge in [-0.05, 0) is 81.9 Å². The summed E-state index contributed by atoms with van der Waals surface area (Å²) in [5.41, 5.74) is 9.20. The Bertz CT molecular complexity index is 1860. The van der Waals surface area contributed by atoms with Gasteiger partial charge in [0.15, 0.2) is 5.82 Å². The lowest BCUT2D eigenvalue weighted by atomic mass is 9.96. The fourth-order valence-electron chi connectivity index (χ4n) is 5.22. The predicted molar refractivity (Wildman–Crippen MR) is 159 cm³/mol. The van der Waals surface area contributed by atoms with E-state index in [0.29, 0.717) is 0 Å². The molecule has 0 saturated carbocycles. The van der Waals surface area contributed by atoms with Crippen LogP contribution in [0.1, 0.15) is 11.1 Å². The zero-order chi connectivity index (χ0) is 24.4. The second-order valence-corrected chi connectivity index (χ2v) is 11.7. The van der Waals surface area contributed by atoms with Crippen molar-refractivity contribution < 1.29 is 0 Å². The van der Waals surface area contributed by atoms with Crippen molar-refractivity contribution in [2.45, 2.75) is 6.42 Å². The largest absolute Gasteiger partial charge is 0.228 e. The molecule has 1 aliphatic rings. The molecule has 0 spiro atoms. The molecule has 2 nitrogen and oxygen atoms in total. The molecule has 172 valence electrons. The summed E-state index contributed by atoms with van der Waals surface area (Å²) >= 11 is 11.0. The van der Waals surface area contributed by atoms with Crippen LogP contribution in [0.4, 0.5) is 0 Å². The topological polar surface area (TPSA) is 25.8 Å². The first-order valence-electron chi connectivity index (χ1n) is 11.6. The molecule has 6 aromatic rings. The Morgan fingerprint density at radius 1 is 0.556 bits per heavy atom. The predicted octanol–water partition coefficient (Wildman–Crippen LogP) is 9.98. The molecule has 0 radical (unpaired) electrons. The van der Waals surface area contributed by atoms with Gasteiger partial charge in [-0.25, -0.2) is 9.97 Å². The Balaban J connectivity index is 1.56. The molecule has 7 rings (SSSR count). The van der Waals surface area contributed by atoms with Crippen molar-refractivity contribution in [1.82, 2.24) is 9.97 Å². The Morgan fingerprint density at radius 3 is 2.19 bits per heavy atom. The van der Waals surface area contributed by atoms with E-state index in [4.69, 9.17) is 9.97 Å². The summed E-state index contributed by atoms with van der Waals surface area (Å²) in [5.74, 6) is 0.722. The number of nitrogens with zero attached hydrogens (tertiary/aromatic N) is 2. The van der Waals surface area contributed by atoms with Crippen molar-refractivity contribution in [3.63, 3.8) is 0 Å². The monoisotopic (exact) mass is 654 g/mol. The van der Waals surface area contributed by atoms with Crippen LogP contribution in [0.2, 0.25) is 0 Å². The first-order valence-corrected chi connectivity index (χ1v) is 14.0. The molecular weight excluding hydrogens is 640 g/mol. The Labute approximate surface area is 233 Å². The van der Waals surface area contributed by atoms with Gasteiger partial charge in [-0.15, -0.1) is 0 Å². The molecule has 5 heteroatoms. The van der Waals surface area contributed by atoms with Crippen LogP contribution in [0.5, 0.6) is 0 Å². The van der Waals surface area contributed by atoms with Crippen molar-refractivity contribution in [3.05, 3.63) is 116 Å². The molecule has 0 N–H and O–H groups in total. The van der Waals surface area contributed by atoms with Gasteiger partial charge in [0.05, 0.1) is 11.2 Å². The van der Waals surface area contributed by atoms with E-state index >= 15 is 0 Å². The SMILES string of the molecule is Brc1cccc(-c2nc(-c3ccc(Br)c4ccccc34)c3cc4c(cc3n2)-c2ccc(Br)cc2C4)c1. The minimum Gasteiger partial charge on any atom is -0.228 e. The van der Waals surface area contributed by atoms with E-state index in [1.54, 1.807) is 0 Å². The lowest BCUT2D eigenvalue weighted by Crippen LogP contribution is -1.97. The standard InChI is InChI=1S/C31H17Br3N2/c32-20-5-3-4-17(13-20)31-35-29-16-26-19(12-18-14-21(33)8-9-22(18)26)15-27(29)30(36-31)25-10-11-28(34)24-7-2-1-6-23(24)25/h1-11,13-16H,12H2. The van der Waals surface area contributed by atoms with Crippen molar-refractivity contribution in [1.29, 1.82) is 0 Å². The highest BCUT2D eigenvalue weighted by atomic mass is 79.9. The number of hydrogen-bond acceptors (Lipinski definition) is 2.